The van der Waals surface area contributed by atoms with Crippen LogP contribution in [-0.4, -0.2) is 17.8 Å². The average Bonchev–Trinajstić information content (AvgIpc) is 3.75. The lowest BCUT2D eigenvalue weighted by atomic mass is 9.76. The predicted molar refractivity (Wildman–Crippen MR) is 150 cm³/mol. The fraction of sp³-hybridized carbons (Fsp3) is 0.333. The summed E-state index contributed by atoms with van der Waals surface area (Å²) in [7, 11) is 0. The monoisotopic (exact) mass is 506 g/mol. The number of hydrogen-bond acceptors (Lipinski definition) is 4. The number of carbonyl (C=O) groups excluding carboxylic acids is 2. The molecule has 3 aromatic rings. The Morgan fingerprint density at radius 1 is 0.947 bits per heavy atom. The first kappa shape index (κ1) is 24.5. The molecule has 0 radical (unpaired) electrons. The number of Topliss-reactive ketones (excluding diaryl/α,β-unsaturated/α-hetero) is 1. The summed E-state index contributed by atoms with van der Waals surface area (Å²) >= 11 is 0. The Morgan fingerprint density at radius 3 is 2.32 bits per heavy atom. The van der Waals surface area contributed by atoms with E-state index in [2.05, 4.69) is 42.6 Å². The zero-order chi connectivity index (χ0) is 26.4. The smallest absolute Gasteiger partial charge is 0.230 e. The lowest BCUT2D eigenvalue weighted by molar-refractivity contribution is -0.124. The van der Waals surface area contributed by atoms with Gasteiger partial charge in [0.1, 0.15) is 11.5 Å². The van der Waals surface area contributed by atoms with Crippen LogP contribution < -0.4 is 15.0 Å². The molecule has 3 aromatic carbocycles. The van der Waals surface area contributed by atoms with Crippen molar-refractivity contribution in [3.63, 3.8) is 0 Å². The molecule has 5 heteroatoms. The predicted octanol–water partition coefficient (Wildman–Crippen LogP) is 6.95. The number of aryl methyl sites for hydroxylation is 1. The van der Waals surface area contributed by atoms with E-state index >= 15 is 0 Å². The van der Waals surface area contributed by atoms with Crippen LogP contribution in [0.5, 0.6) is 5.75 Å². The number of anilines is 2. The molecular weight excluding hydrogens is 472 g/mol. The number of ether oxygens (including phenoxy) is 1. The van der Waals surface area contributed by atoms with Gasteiger partial charge in [0.15, 0.2) is 0 Å². The van der Waals surface area contributed by atoms with Crippen LogP contribution in [0, 0.1) is 18.8 Å². The highest BCUT2D eigenvalue weighted by atomic mass is 16.5. The van der Waals surface area contributed by atoms with Gasteiger partial charge >= 0.3 is 0 Å². The van der Waals surface area contributed by atoms with Gasteiger partial charge in [0, 0.05) is 24.0 Å². The van der Waals surface area contributed by atoms with E-state index in [1.165, 1.54) is 5.56 Å². The number of rotatable bonds is 5. The molecule has 3 atom stereocenters. The van der Waals surface area contributed by atoms with E-state index in [4.69, 9.17) is 4.74 Å². The molecule has 6 rings (SSSR count). The summed E-state index contributed by atoms with van der Waals surface area (Å²) in [6, 6.07) is 23.8. The molecule has 1 heterocycles. The molecule has 3 aliphatic rings. The second-order valence-electron chi connectivity index (χ2n) is 11.1. The van der Waals surface area contributed by atoms with Gasteiger partial charge in [-0.25, -0.2) is 0 Å². The van der Waals surface area contributed by atoms with Crippen LogP contribution in [0.3, 0.4) is 0 Å². The van der Waals surface area contributed by atoms with Crippen molar-refractivity contribution in [3.8, 4) is 5.75 Å². The third kappa shape index (κ3) is 4.62. The normalized spacial score (nSPS) is 22.6. The van der Waals surface area contributed by atoms with Crippen molar-refractivity contribution < 1.29 is 14.3 Å². The lowest BCUT2D eigenvalue weighted by Crippen LogP contribution is -2.43. The van der Waals surface area contributed by atoms with E-state index in [9.17, 15) is 9.59 Å². The van der Waals surface area contributed by atoms with Crippen LogP contribution in [0.25, 0.3) is 0 Å². The van der Waals surface area contributed by atoms with E-state index < -0.39 is 12.0 Å². The highest BCUT2D eigenvalue weighted by molar-refractivity contribution is 6.03. The SMILES string of the molecule is Cc1ccc([C@@H]2C=C3Nc4ccccc4N(C(=O)C4CC4)[C@H](c4ccc(OC(C)C)cc4)[C@H]3C(=O)C2)cc1. The lowest BCUT2D eigenvalue weighted by Gasteiger charge is -2.38. The van der Waals surface area contributed by atoms with E-state index in [-0.39, 0.29) is 29.6 Å². The fourth-order valence-corrected chi connectivity index (χ4v) is 5.77. The minimum Gasteiger partial charge on any atom is -0.491 e. The summed E-state index contributed by atoms with van der Waals surface area (Å²) in [4.78, 5) is 29.9. The van der Waals surface area contributed by atoms with Crippen molar-refractivity contribution in [1.29, 1.82) is 0 Å². The Labute approximate surface area is 224 Å². The maximum atomic E-state index is 14.1. The Bertz CT molecular complexity index is 1390. The molecule has 1 aliphatic heterocycles. The highest BCUT2D eigenvalue weighted by Gasteiger charge is 2.47. The summed E-state index contributed by atoms with van der Waals surface area (Å²) in [6.07, 6.45) is 4.48. The van der Waals surface area contributed by atoms with Crippen molar-refractivity contribution in [2.24, 2.45) is 11.8 Å². The van der Waals surface area contributed by atoms with Crippen LogP contribution >= 0.6 is 0 Å². The number of nitrogens with zero attached hydrogens (tertiary/aromatic N) is 1. The van der Waals surface area contributed by atoms with Gasteiger partial charge in [0.05, 0.1) is 29.4 Å². The molecular formula is C33H34N2O3. The zero-order valence-electron chi connectivity index (χ0n) is 22.2. The zero-order valence-corrected chi connectivity index (χ0v) is 22.2. The second kappa shape index (κ2) is 9.79. The van der Waals surface area contributed by atoms with E-state index in [0.717, 1.165) is 46.8 Å². The Kier molecular flexibility index (Phi) is 6.30. The van der Waals surface area contributed by atoms with E-state index in [1.54, 1.807) is 0 Å². The summed E-state index contributed by atoms with van der Waals surface area (Å²) in [6.45, 7) is 6.07. The molecule has 5 nitrogen and oxygen atoms in total. The third-order valence-electron chi connectivity index (χ3n) is 7.78. The van der Waals surface area contributed by atoms with Gasteiger partial charge in [-0.05, 0) is 69.0 Å². The molecule has 0 spiro atoms. The summed E-state index contributed by atoms with van der Waals surface area (Å²) in [5, 5.41) is 3.61. The first-order chi connectivity index (χ1) is 18.4. The molecule has 1 saturated carbocycles. The number of carbonyl (C=O) groups is 2. The molecule has 194 valence electrons. The summed E-state index contributed by atoms with van der Waals surface area (Å²) in [5.41, 5.74) is 5.82. The van der Waals surface area contributed by atoms with Crippen LogP contribution in [0.1, 0.15) is 61.8 Å². The Hall–Kier alpha value is -3.86. The molecule has 0 unspecified atom stereocenters. The number of allylic oxidation sites excluding steroid dienone is 1. The van der Waals surface area contributed by atoms with Crippen molar-refractivity contribution in [2.75, 3.05) is 10.2 Å². The van der Waals surface area contributed by atoms with Gasteiger partial charge in [-0.3, -0.25) is 9.59 Å². The van der Waals surface area contributed by atoms with Crippen LogP contribution in [0.2, 0.25) is 0 Å². The topological polar surface area (TPSA) is 58.6 Å². The number of ketones is 1. The first-order valence-corrected chi connectivity index (χ1v) is 13.7. The quantitative estimate of drug-likeness (QED) is 0.407. The molecule has 0 saturated heterocycles. The molecule has 1 N–H and O–H groups in total. The highest BCUT2D eigenvalue weighted by Crippen LogP contribution is 2.49. The van der Waals surface area contributed by atoms with Crippen molar-refractivity contribution in [3.05, 3.63) is 101 Å². The third-order valence-corrected chi connectivity index (χ3v) is 7.78. The minimum atomic E-state index is -0.483. The maximum absolute atomic E-state index is 14.1. The molecule has 0 bridgehead atoms. The fourth-order valence-electron chi connectivity index (χ4n) is 5.77. The molecule has 1 amide bonds. The van der Waals surface area contributed by atoms with Gasteiger partial charge in [-0.1, -0.05) is 60.2 Å². The van der Waals surface area contributed by atoms with Gasteiger partial charge in [-0.15, -0.1) is 0 Å². The van der Waals surface area contributed by atoms with Crippen LogP contribution in [0.4, 0.5) is 11.4 Å². The van der Waals surface area contributed by atoms with Gasteiger partial charge in [-0.2, -0.15) is 0 Å². The minimum absolute atomic E-state index is 0.0119. The second-order valence-corrected chi connectivity index (χ2v) is 11.1. The maximum Gasteiger partial charge on any atom is 0.230 e. The first-order valence-electron chi connectivity index (χ1n) is 13.7. The standard InChI is InChI=1S/C33H34N2O3/c1-20(2)38-26-16-14-23(15-17-26)32-31-28(18-25(19-30(31)36)22-10-8-21(3)9-11-22)34-27-6-4-5-7-29(27)35(32)33(37)24-12-13-24/h4-11,14-18,20,24-25,31-32,34H,12-13,19H2,1-3H3/t25-,31-,32-/m1/s1. The van der Waals surface area contributed by atoms with Crippen LogP contribution in [0.15, 0.2) is 84.6 Å². The number of nitrogens with one attached hydrogen (secondary N) is 1. The Morgan fingerprint density at radius 2 is 1.63 bits per heavy atom. The molecule has 1 fully saturated rings. The molecule has 2 aliphatic carbocycles. The largest absolute Gasteiger partial charge is 0.491 e. The van der Waals surface area contributed by atoms with E-state index in [0.29, 0.717) is 6.42 Å². The van der Waals surface area contributed by atoms with E-state index in [1.807, 2.05) is 67.3 Å². The summed E-state index contributed by atoms with van der Waals surface area (Å²) in [5.74, 6) is 0.543. The van der Waals surface area contributed by atoms with Gasteiger partial charge in [0.2, 0.25) is 5.91 Å². The van der Waals surface area contributed by atoms with Crippen molar-refractivity contribution in [2.45, 2.75) is 58.1 Å². The number of para-hydroxylation sites is 2. The average molecular weight is 507 g/mol. The van der Waals surface area contributed by atoms with Crippen molar-refractivity contribution in [1.82, 2.24) is 0 Å². The van der Waals surface area contributed by atoms with Gasteiger partial charge in [0.25, 0.3) is 0 Å². The molecule has 38 heavy (non-hydrogen) atoms. The van der Waals surface area contributed by atoms with Gasteiger partial charge < -0.3 is 15.0 Å². The number of benzene rings is 3. The molecule has 0 aromatic heterocycles. The Balaban J connectivity index is 1.50. The number of amides is 1. The number of fused-ring (bicyclic) bond motifs is 2. The summed E-state index contributed by atoms with van der Waals surface area (Å²) < 4.78 is 5.89. The number of hydrogen-bond donors (Lipinski definition) is 1. The van der Waals surface area contributed by atoms with Crippen LogP contribution in [-0.2, 0) is 9.59 Å². The van der Waals surface area contributed by atoms with Crippen molar-refractivity contribution >= 4 is 23.1 Å².